The summed E-state index contributed by atoms with van der Waals surface area (Å²) in [6.45, 7) is 2.13. The number of phenols is 1. The van der Waals surface area contributed by atoms with Gasteiger partial charge < -0.3 is 10.4 Å². The number of rotatable bonds is 3. The third-order valence-corrected chi connectivity index (χ3v) is 4.32. The van der Waals surface area contributed by atoms with Gasteiger partial charge in [-0.15, -0.1) is 11.6 Å². The lowest BCUT2D eigenvalue weighted by Crippen LogP contribution is -2.22. The molecule has 82 valence electrons. The Hall–Kier alpha value is -0.540. The highest BCUT2D eigenvalue weighted by Gasteiger charge is 2.27. The van der Waals surface area contributed by atoms with Crippen LogP contribution in [0.15, 0.2) is 23.1 Å². The van der Waals surface area contributed by atoms with E-state index in [0.29, 0.717) is 5.75 Å². The van der Waals surface area contributed by atoms with Crippen molar-refractivity contribution in [3.05, 3.63) is 18.2 Å². The Labute approximate surface area is 99.0 Å². The first-order valence-corrected chi connectivity index (χ1v) is 6.42. The lowest BCUT2D eigenvalue weighted by atomic mass is 10.2. The molecule has 0 fully saturated rings. The molecular weight excluding hydrogens is 230 g/mol. The van der Waals surface area contributed by atoms with Gasteiger partial charge in [-0.05, 0) is 24.6 Å². The number of phenolic OH excluding ortho intramolecular Hbond substituents is 1. The number of benzene rings is 1. The van der Waals surface area contributed by atoms with Crippen LogP contribution in [0.4, 0.5) is 5.69 Å². The Balaban J connectivity index is 2.08. The normalized spacial score (nSPS) is 20.8. The summed E-state index contributed by atoms with van der Waals surface area (Å²) in [4.78, 5) is 1.08. The molecule has 0 aromatic heterocycles. The lowest BCUT2D eigenvalue weighted by Gasteiger charge is -2.16. The summed E-state index contributed by atoms with van der Waals surface area (Å²) >= 11 is 7.97. The summed E-state index contributed by atoms with van der Waals surface area (Å²) in [5.74, 6) is 0.310. The number of hydrogen-bond acceptors (Lipinski definition) is 3. The van der Waals surface area contributed by atoms with Crippen LogP contribution >= 0.6 is 23.4 Å². The smallest absolute Gasteiger partial charge is 0.116 e. The molecule has 1 aliphatic heterocycles. The molecule has 0 amide bonds. The van der Waals surface area contributed by atoms with Crippen LogP contribution in [0.5, 0.6) is 5.75 Å². The molecule has 2 N–H and O–H groups in total. The average Bonchev–Trinajstić information content (AvgIpc) is 2.60. The van der Waals surface area contributed by atoms with Gasteiger partial charge in [0.05, 0.1) is 10.8 Å². The van der Waals surface area contributed by atoms with E-state index in [-0.39, 0.29) is 10.8 Å². The molecule has 15 heavy (non-hydrogen) atoms. The minimum absolute atomic E-state index is 0.134. The predicted octanol–water partition coefficient (Wildman–Crippen LogP) is 3.64. The van der Waals surface area contributed by atoms with Crippen LogP contribution in [0.3, 0.4) is 0 Å². The van der Waals surface area contributed by atoms with Gasteiger partial charge in [0.1, 0.15) is 5.75 Å². The van der Waals surface area contributed by atoms with Crippen molar-refractivity contribution >= 4 is 29.1 Å². The third-order valence-electron chi connectivity index (χ3n) is 2.41. The van der Waals surface area contributed by atoms with Gasteiger partial charge in [-0.25, -0.2) is 0 Å². The molecule has 2 unspecified atom stereocenters. The second-order valence-electron chi connectivity index (χ2n) is 3.67. The molecule has 1 heterocycles. The minimum Gasteiger partial charge on any atom is -0.508 e. The summed E-state index contributed by atoms with van der Waals surface area (Å²) < 4.78 is 0. The van der Waals surface area contributed by atoms with Crippen molar-refractivity contribution in [2.75, 3.05) is 5.32 Å². The van der Waals surface area contributed by atoms with Gasteiger partial charge in [0.2, 0.25) is 0 Å². The highest BCUT2D eigenvalue weighted by molar-refractivity contribution is 8.00. The van der Waals surface area contributed by atoms with Crippen LogP contribution in [0.25, 0.3) is 0 Å². The molecule has 0 saturated heterocycles. The molecule has 0 aliphatic carbocycles. The van der Waals surface area contributed by atoms with E-state index in [1.165, 1.54) is 0 Å². The molecular formula is C11H14ClNOS. The zero-order chi connectivity index (χ0) is 10.8. The summed E-state index contributed by atoms with van der Waals surface area (Å²) in [5, 5.41) is 13.1. The maximum absolute atomic E-state index is 9.35. The number of hydrogen-bond donors (Lipinski definition) is 2. The zero-order valence-electron chi connectivity index (χ0n) is 8.53. The van der Waals surface area contributed by atoms with Crippen molar-refractivity contribution < 1.29 is 5.11 Å². The zero-order valence-corrected chi connectivity index (χ0v) is 10.1. The lowest BCUT2D eigenvalue weighted by molar-refractivity contribution is 0.474. The fourth-order valence-electron chi connectivity index (χ4n) is 1.64. The second-order valence-corrected chi connectivity index (χ2v) is 5.41. The first-order chi connectivity index (χ1) is 7.20. The Morgan fingerprint density at radius 3 is 3.13 bits per heavy atom. The summed E-state index contributed by atoms with van der Waals surface area (Å²) in [6.07, 6.45) is 2.10. The monoisotopic (exact) mass is 243 g/mol. The third kappa shape index (κ3) is 2.34. The van der Waals surface area contributed by atoms with Gasteiger partial charge >= 0.3 is 0 Å². The minimum atomic E-state index is 0.134. The van der Waals surface area contributed by atoms with E-state index in [0.717, 1.165) is 23.4 Å². The highest BCUT2D eigenvalue weighted by atomic mass is 35.5. The topological polar surface area (TPSA) is 32.3 Å². The van der Waals surface area contributed by atoms with E-state index in [9.17, 15) is 5.11 Å². The molecule has 1 aromatic carbocycles. The molecule has 0 bridgehead atoms. The van der Waals surface area contributed by atoms with E-state index >= 15 is 0 Å². The second kappa shape index (κ2) is 4.54. The van der Waals surface area contributed by atoms with Crippen LogP contribution in [-0.4, -0.2) is 15.9 Å². The van der Waals surface area contributed by atoms with Crippen molar-refractivity contribution in [2.45, 2.75) is 35.4 Å². The molecule has 1 aliphatic rings. The van der Waals surface area contributed by atoms with E-state index in [1.807, 2.05) is 6.07 Å². The van der Waals surface area contributed by atoms with E-state index < -0.39 is 0 Å². The Morgan fingerprint density at radius 2 is 2.40 bits per heavy atom. The first kappa shape index (κ1) is 11.0. The largest absolute Gasteiger partial charge is 0.508 e. The van der Waals surface area contributed by atoms with Crippen molar-refractivity contribution in [3.63, 3.8) is 0 Å². The van der Waals surface area contributed by atoms with Crippen molar-refractivity contribution in [2.24, 2.45) is 0 Å². The molecule has 2 atom stereocenters. The maximum atomic E-state index is 9.35. The van der Waals surface area contributed by atoms with Gasteiger partial charge in [-0.2, -0.15) is 0 Å². The molecule has 2 rings (SSSR count). The summed E-state index contributed by atoms with van der Waals surface area (Å²) in [6, 6.07) is 5.37. The van der Waals surface area contributed by atoms with Gasteiger partial charge in [0.15, 0.2) is 0 Å². The highest BCUT2D eigenvalue weighted by Crippen LogP contribution is 2.42. The number of alkyl halides is 1. The predicted molar refractivity (Wildman–Crippen MR) is 65.9 cm³/mol. The van der Waals surface area contributed by atoms with Crippen LogP contribution in [-0.2, 0) is 0 Å². The van der Waals surface area contributed by atoms with Crippen LogP contribution in [0.1, 0.15) is 19.8 Å². The van der Waals surface area contributed by atoms with Gasteiger partial charge in [-0.3, -0.25) is 0 Å². The number of thioether (sulfide) groups is 1. The number of nitrogens with one attached hydrogen (secondary N) is 1. The molecule has 2 nitrogen and oxygen atoms in total. The fourth-order valence-corrected chi connectivity index (χ4v) is 3.26. The van der Waals surface area contributed by atoms with Crippen molar-refractivity contribution in [3.8, 4) is 5.75 Å². The van der Waals surface area contributed by atoms with E-state index in [2.05, 4.69) is 12.2 Å². The van der Waals surface area contributed by atoms with Gasteiger partial charge in [0, 0.05) is 10.6 Å². The SMILES string of the molecule is CCCC(Cl)C1Nc2ccc(O)cc2S1. The molecule has 0 saturated carbocycles. The van der Waals surface area contributed by atoms with E-state index in [4.69, 9.17) is 11.6 Å². The fraction of sp³-hybridized carbons (Fsp3) is 0.455. The summed E-state index contributed by atoms with van der Waals surface area (Å²) in [5.41, 5.74) is 1.07. The Bertz CT molecular complexity index is 358. The van der Waals surface area contributed by atoms with Gasteiger partial charge in [-0.1, -0.05) is 25.1 Å². The van der Waals surface area contributed by atoms with Crippen LogP contribution < -0.4 is 5.32 Å². The first-order valence-electron chi connectivity index (χ1n) is 5.11. The maximum Gasteiger partial charge on any atom is 0.116 e. The average molecular weight is 244 g/mol. The molecule has 0 radical (unpaired) electrons. The number of fused-ring (bicyclic) bond motifs is 1. The van der Waals surface area contributed by atoms with Gasteiger partial charge in [0.25, 0.3) is 0 Å². The van der Waals surface area contributed by atoms with E-state index in [1.54, 1.807) is 23.9 Å². The van der Waals surface area contributed by atoms with Crippen molar-refractivity contribution in [1.29, 1.82) is 0 Å². The van der Waals surface area contributed by atoms with Crippen LogP contribution in [0, 0.1) is 0 Å². The summed E-state index contributed by atoms with van der Waals surface area (Å²) in [7, 11) is 0. The van der Waals surface area contributed by atoms with Crippen LogP contribution in [0.2, 0.25) is 0 Å². The number of anilines is 1. The Kier molecular flexibility index (Phi) is 3.32. The molecule has 0 spiro atoms. The molecule has 4 heteroatoms. The van der Waals surface area contributed by atoms with Crippen molar-refractivity contribution in [1.82, 2.24) is 0 Å². The Morgan fingerprint density at radius 1 is 1.60 bits per heavy atom. The standard InChI is InChI=1S/C11H14ClNOS/c1-2-3-8(12)11-13-9-5-4-7(14)6-10(9)15-11/h4-6,8,11,13-14H,2-3H2,1H3. The molecule has 1 aromatic rings. The number of halogens is 1. The number of aromatic hydroxyl groups is 1. The quantitative estimate of drug-likeness (QED) is 0.628.